The number of H-pyrrole nitrogens is 1. The minimum absolute atomic E-state index is 0.243. The molecule has 1 aliphatic rings. The summed E-state index contributed by atoms with van der Waals surface area (Å²) in [5, 5.41) is 10.1. The van der Waals surface area contributed by atoms with Gasteiger partial charge in [0.2, 0.25) is 0 Å². The average Bonchev–Trinajstić information content (AvgIpc) is 3.36. The minimum atomic E-state index is -0.341. The van der Waals surface area contributed by atoms with Gasteiger partial charge in [0.05, 0.1) is 5.56 Å². The standard InChI is InChI=1S/C24H28N2O4/c1-17-23(24(28)30-16-18-5-3-2-4-6-18)21-13-20(7-8-22(21)25-17)29-12-11-26-10-9-19(14-26)15-27/h2-8,13,19,25,27H,9-12,14-16H2,1H3/t19-/m0/s1. The molecule has 1 atom stereocenters. The number of hydrogen-bond donors (Lipinski definition) is 2. The van der Waals surface area contributed by atoms with Gasteiger partial charge in [0, 0.05) is 36.3 Å². The number of nitrogens with one attached hydrogen (secondary N) is 1. The molecular weight excluding hydrogens is 380 g/mol. The van der Waals surface area contributed by atoms with Gasteiger partial charge in [-0.2, -0.15) is 0 Å². The second-order valence-corrected chi connectivity index (χ2v) is 7.88. The van der Waals surface area contributed by atoms with E-state index in [-0.39, 0.29) is 19.2 Å². The van der Waals surface area contributed by atoms with Crippen molar-refractivity contribution in [2.45, 2.75) is 20.0 Å². The highest BCUT2D eigenvalue weighted by Crippen LogP contribution is 2.27. The first-order valence-electron chi connectivity index (χ1n) is 10.4. The van der Waals surface area contributed by atoms with Crippen molar-refractivity contribution in [3.63, 3.8) is 0 Å². The number of likely N-dealkylation sites (tertiary alicyclic amines) is 1. The van der Waals surface area contributed by atoms with Gasteiger partial charge in [-0.1, -0.05) is 30.3 Å². The van der Waals surface area contributed by atoms with Gasteiger partial charge < -0.3 is 19.6 Å². The van der Waals surface area contributed by atoms with E-state index in [1.54, 1.807) is 0 Å². The normalized spacial score (nSPS) is 16.8. The molecule has 0 radical (unpaired) electrons. The van der Waals surface area contributed by atoms with E-state index in [1.165, 1.54) is 0 Å². The van der Waals surface area contributed by atoms with Crippen LogP contribution in [0.1, 0.15) is 28.0 Å². The Morgan fingerprint density at radius 3 is 2.83 bits per heavy atom. The van der Waals surface area contributed by atoms with Crippen molar-refractivity contribution in [1.29, 1.82) is 0 Å². The summed E-state index contributed by atoms with van der Waals surface area (Å²) >= 11 is 0. The number of benzene rings is 2. The van der Waals surface area contributed by atoms with E-state index in [0.717, 1.165) is 54.0 Å². The summed E-state index contributed by atoms with van der Waals surface area (Å²) in [4.78, 5) is 18.3. The molecule has 1 saturated heterocycles. The van der Waals surface area contributed by atoms with E-state index >= 15 is 0 Å². The lowest BCUT2D eigenvalue weighted by Crippen LogP contribution is -2.26. The van der Waals surface area contributed by atoms with Crippen molar-refractivity contribution in [2.75, 3.05) is 32.8 Å². The van der Waals surface area contributed by atoms with Gasteiger partial charge >= 0.3 is 5.97 Å². The molecule has 1 aliphatic heterocycles. The maximum atomic E-state index is 12.8. The van der Waals surface area contributed by atoms with E-state index in [1.807, 2.05) is 55.5 Å². The van der Waals surface area contributed by atoms with Crippen molar-refractivity contribution in [1.82, 2.24) is 9.88 Å². The van der Waals surface area contributed by atoms with Crippen LogP contribution >= 0.6 is 0 Å². The first kappa shape index (κ1) is 20.4. The second-order valence-electron chi connectivity index (χ2n) is 7.88. The number of carbonyl (C=O) groups excluding carboxylic acids is 1. The molecule has 6 heteroatoms. The number of esters is 1. The number of carbonyl (C=O) groups is 1. The third kappa shape index (κ3) is 4.66. The fourth-order valence-electron chi connectivity index (χ4n) is 4.01. The third-order valence-electron chi connectivity index (χ3n) is 5.68. The predicted octanol–water partition coefficient (Wildman–Crippen LogP) is 3.53. The molecule has 2 heterocycles. The molecule has 0 spiro atoms. The van der Waals surface area contributed by atoms with Gasteiger partial charge in [0.1, 0.15) is 19.0 Å². The highest BCUT2D eigenvalue weighted by atomic mass is 16.5. The Hall–Kier alpha value is -2.83. The van der Waals surface area contributed by atoms with Crippen LogP contribution in [0.4, 0.5) is 0 Å². The van der Waals surface area contributed by atoms with Crippen molar-refractivity contribution < 1.29 is 19.4 Å². The van der Waals surface area contributed by atoms with Gasteiger partial charge in [-0.15, -0.1) is 0 Å². The number of aliphatic hydroxyl groups is 1. The maximum absolute atomic E-state index is 12.8. The van der Waals surface area contributed by atoms with Crippen LogP contribution < -0.4 is 4.74 Å². The Kier molecular flexibility index (Phi) is 6.35. The summed E-state index contributed by atoms with van der Waals surface area (Å²) in [6, 6.07) is 15.4. The van der Waals surface area contributed by atoms with Crippen LogP contribution in [-0.2, 0) is 11.3 Å². The molecule has 6 nitrogen and oxygen atoms in total. The zero-order valence-corrected chi connectivity index (χ0v) is 17.3. The summed E-state index contributed by atoms with van der Waals surface area (Å²) in [5.74, 6) is 0.775. The second kappa shape index (κ2) is 9.32. The van der Waals surface area contributed by atoms with Crippen LogP contribution in [0.3, 0.4) is 0 Å². The number of ether oxygens (including phenoxy) is 2. The Morgan fingerprint density at radius 1 is 1.23 bits per heavy atom. The van der Waals surface area contributed by atoms with Crippen molar-refractivity contribution in [3.8, 4) is 5.75 Å². The van der Waals surface area contributed by atoms with Crippen LogP contribution in [0.2, 0.25) is 0 Å². The predicted molar refractivity (Wildman–Crippen MR) is 116 cm³/mol. The van der Waals surface area contributed by atoms with Crippen molar-refractivity contribution >= 4 is 16.9 Å². The van der Waals surface area contributed by atoms with E-state index < -0.39 is 0 Å². The van der Waals surface area contributed by atoms with Crippen LogP contribution in [-0.4, -0.2) is 53.8 Å². The van der Waals surface area contributed by atoms with Gasteiger partial charge in [-0.3, -0.25) is 4.90 Å². The smallest absolute Gasteiger partial charge is 0.340 e. The van der Waals surface area contributed by atoms with E-state index in [4.69, 9.17) is 9.47 Å². The number of aliphatic hydroxyl groups excluding tert-OH is 1. The summed E-state index contributed by atoms with van der Waals surface area (Å²) in [5.41, 5.74) is 3.18. The van der Waals surface area contributed by atoms with E-state index in [9.17, 15) is 9.90 Å². The lowest BCUT2D eigenvalue weighted by atomic mass is 10.1. The number of aryl methyl sites for hydroxylation is 1. The van der Waals surface area contributed by atoms with Crippen LogP contribution in [0.15, 0.2) is 48.5 Å². The zero-order chi connectivity index (χ0) is 20.9. The fraction of sp³-hybridized carbons (Fsp3) is 0.375. The summed E-state index contributed by atoms with van der Waals surface area (Å²) < 4.78 is 11.5. The van der Waals surface area contributed by atoms with Crippen molar-refractivity contribution in [2.24, 2.45) is 5.92 Å². The highest BCUT2D eigenvalue weighted by molar-refractivity contribution is 6.05. The van der Waals surface area contributed by atoms with Crippen molar-refractivity contribution in [3.05, 3.63) is 65.4 Å². The Morgan fingerprint density at radius 2 is 2.07 bits per heavy atom. The zero-order valence-electron chi connectivity index (χ0n) is 17.3. The summed E-state index contributed by atoms with van der Waals surface area (Å²) in [7, 11) is 0. The third-order valence-corrected chi connectivity index (χ3v) is 5.68. The largest absolute Gasteiger partial charge is 0.492 e. The molecule has 0 bridgehead atoms. The molecule has 30 heavy (non-hydrogen) atoms. The number of aromatic nitrogens is 1. The summed E-state index contributed by atoms with van der Waals surface area (Å²) in [6.45, 7) is 5.70. The van der Waals surface area contributed by atoms with Gasteiger partial charge in [-0.05, 0) is 49.6 Å². The Bertz CT molecular complexity index is 999. The Balaban J connectivity index is 1.41. The van der Waals surface area contributed by atoms with E-state index in [2.05, 4.69) is 9.88 Å². The highest BCUT2D eigenvalue weighted by Gasteiger charge is 2.21. The molecular formula is C24H28N2O4. The molecule has 0 aliphatic carbocycles. The molecule has 3 aromatic rings. The molecule has 0 unspecified atom stereocenters. The maximum Gasteiger partial charge on any atom is 0.340 e. The topological polar surface area (TPSA) is 74.8 Å². The molecule has 1 aromatic heterocycles. The average molecular weight is 408 g/mol. The van der Waals surface area contributed by atoms with Gasteiger partial charge in [-0.25, -0.2) is 4.79 Å². The molecule has 0 amide bonds. The molecule has 2 aromatic carbocycles. The van der Waals surface area contributed by atoms with E-state index in [0.29, 0.717) is 18.1 Å². The lowest BCUT2D eigenvalue weighted by molar-refractivity contribution is 0.0474. The monoisotopic (exact) mass is 408 g/mol. The number of aromatic amines is 1. The molecule has 4 rings (SSSR count). The first-order chi connectivity index (χ1) is 14.6. The molecule has 0 saturated carbocycles. The van der Waals surface area contributed by atoms with Crippen LogP contribution in [0.25, 0.3) is 10.9 Å². The Labute approximate surface area is 176 Å². The number of nitrogens with zero attached hydrogens (tertiary/aromatic N) is 1. The quantitative estimate of drug-likeness (QED) is 0.558. The molecule has 1 fully saturated rings. The van der Waals surface area contributed by atoms with Crippen LogP contribution in [0.5, 0.6) is 5.75 Å². The SMILES string of the molecule is Cc1[nH]c2ccc(OCCN3CC[C@H](CO)C3)cc2c1C(=O)OCc1ccccc1. The van der Waals surface area contributed by atoms with Gasteiger partial charge in [0.25, 0.3) is 0 Å². The minimum Gasteiger partial charge on any atom is -0.492 e. The number of rotatable bonds is 8. The fourth-order valence-corrected chi connectivity index (χ4v) is 4.01. The molecule has 158 valence electrons. The summed E-state index contributed by atoms with van der Waals surface area (Å²) in [6.07, 6.45) is 1.04. The number of hydrogen-bond acceptors (Lipinski definition) is 5. The first-order valence-corrected chi connectivity index (χ1v) is 10.4. The van der Waals surface area contributed by atoms with Crippen LogP contribution in [0, 0.1) is 12.8 Å². The van der Waals surface area contributed by atoms with Gasteiger partial charge in [0.15, 0.2) is 0 Å². The molecule has 2 N–H and O–H groups in total. The lowest BCUT2D eigenvalue weighted by Gasteiger charge is -2.16. The number of fused-ring (bicyclic) bond motifs is 1.